The number of carbonyl (C=O) groups is 2. The number of benzene rings is 2. The summed E-state index contributed by atoms with van der Waals surface area (Å²) in [4.78, 5) is 29.2. The Hall–Kier alpha value is -2.18. The smallest absolute Gasteiger partial charge is 0.263 e. The van der Waals surface area contributed by atoms with Gasteiger partial charge in [0.25, 0.3) is 5.91 Å². The van der Waals surface area contributed by atoms with Crippen LogP contribution in [0.5, 0.6) is 5.75 Å². The van der Waals surface area contributed by atoms with E-state index in [9.17, 15) is 9.59 Å². The van der Waals surface area contributed by atoms with Crippen molar-refractivity contribution in [2.75, 3.05) is 19.1 Å². The molecule has 0 saturated carbocycles. The van der Waals surface area contributed by atoms with Crippen LogP contribution in [0.25, 0.3) is 0 Å². The molecule has 2 heterocycles. The SMILES string of the molecule is COc1ccc2c(c1)S/C(=C1/C(=O)c3ccccc3N(C)C1=O)S2. The molecule has 0 N–H and O–H groups in total. The second kappa shape index (κ2) is 5.72. The fourth-order valence-electron chi connectivity index (χ4n) is 2.75. The largest absolute Gasteiger partial charge is 0.497 e. The highest BCUT2D eigenvalue weighted by atomic mass is 32.2. The number of likely N-dealkylation sites (N-methyl/N-ethyl adjacent to an activating group) is 1. The number of fused-ring (bicyclic) bond motifs is 2. The van der Waals surface area contributed by atoms with E-state index in [0.29, 0.717) is 11.3 Å². The molecule has 0 saturated heterocycles. The number of ketones is 1. The molecule has 2 aliphatic heterocycles. The number of nitrogens with zero attached hydrogens (tertiary/aromatic N) is 1. The maximum Gasteiger partial charge on any atom is 0.263 e. The van der Waals surface area contributed by atoms with Crippen LogP contribution in [0.1, 0.15) is 10.4 Å². The molecule has 24 heavy (non-hydrogen) atoms. The molecule has 6 heteroatoms. The van der Waals surface area contributed by atoms with Crippen molar-refractivity contribution < 1.29 is 14.3 Å². The predicted octanol–water partition coefficient (Wildman–Crippen LogP) is 3.96. The highest BCUT2D eigenvalue weighted by molar-refractivity contribution is 8.24. The van der Waals surface area contributed by atoms with Crippen molar-refractivity contribution in [3.8, 4) is 5.75 Å². The minimum absolute atomic E-state index is 0.205. The van der Waals surface area contributed by atoms with E-state index in [1.807, 2.05) is 30.3 Å². The number of carbonyl (C=O) groups excluding carboxylic acids is 2. The first kappa shape index (κ1) is 15.4. The van der Waals surface area contributed by atoms with Gasteiger partial charge in [-0.2, -0.15) is 0 Å². The van der Waals surface area contributed by atoms with E-state index in [-0.39, 0.29) is 17.3 Å². The van der Waals surface area contributed by atoms with Gasteiger partial charge in [-0.25, -0.2) is 0 Å². The Bertz CT molecular complexity index is 920. The lowest BCUT2D eigenvalue weighted by Gasteiger charge is -2.26. The Morgan fingerprint density at radius 3 is 2.54 bits per heavy atom. The van der Waals surface area contributed by atoms with Crippen molar-refractivity contribution in [3.63, 3.8) is 0 Å². The maximum absolute atomic E-state index is 12.9. The minimum Gasteiger partial charge on any atom is -0.497 e. The topological polar surface area (TPSA) is 46.6 Å². The Balaban J connectivity index is 1.81. The molecule has 4 nitrogen and oxygen atoms in total. The molecule has 1 amide bonds. The number of methoxy groups -OCH3 is 1. The molecule has 0 atom stereocenters. The molecule has 0 spiro atoms. The summed E-state index contributed by atoms with van der Waals surface area (Å²) in [6.45, 7) is 0. The van der Waals surface area contributed by atoms with Crippen LogP contribution >= 0.6 is 23.5 Å². The van der Waals surface area contributed by atoms with Crippen molar-refractivity contribution in [2.45, 2.75) is 9.79 Å². The average Bonchev–Trinajstić information content (AvgIpc) is 3.02. The van der Waals surface area contributed by atoms with Gasteiger partial charge in [-0.05, 0) is 30.3 Å². The number of hydrogen-bond acceptors (Lipinski definition) is 5. The lowest BCUT2D eigenvalue weighted by atomic mass is 9.97. The minimum atomic E-state index is -0.256. The summed E-state index contributed by atoms with van der Waals surface area (Å²) < 4.78 is 5.98. The predicted molar refractivity (Wildman–Crippen MR) is 95.9 cm³/mol. The number of thioether (sulfide) groups is 2. The third kappa shape index (κ3) is 2.25. The van der Waals surface area contributed by atoms with Gasteiger partial charge in [0.15, 0.2) is 0 Å². The molecule has 0 radical (unpaired) electrons. The first-order valence-corrected chi connectivity index (χ1v) is 8.93. The molecule has 0 unspecified atom stereocenters. The summed E-state index contributed by atoms with van der Waals surface area (Å²) in [5.41, 5.74) is 1.47. The highest BCUT2D eigenvalue weighted by Crippen LogP contribution is 2.54. The monoisotopic (exact) mass is 355 g/mol. The number of Topliss-reactive ketones (excluding diaryl/α,β-unsaturated/α-hetero) is 1. The molecule has 2 aliphatic rings. The van der Waals surface area contributed by atoms with Gasteiger partial charge in [0, 0.05) is 22.4 Å². The lowest BCUT2D eigenvalue weighted by Crippen LogP contribution is -2.37. The van der Waals surface area contributed by atoms with Gasteiger partial charge in [-0.1, -0.05) is 35.7 Å². The van der Waals surface area contributed by atoms with E-state index in [1.165, 1.54) is 23.5 Å². The molecule has 0 bridgehead atoms. The summed E-state index contributed by atoms with van der Waals surface area (Å²) in [6, 6.07) is 13.0. The molecule has 2 aromatic carbocycles. The van der Waals surface area contributed by atoms with Crippen molar-refractivity contribution >= 4 is 40.9 Å². The van der Waals surface area contributed by atoms with Crippen LogP contribution in [0.3, 0.4) is 0 Å². The second-order valence-electron chi connectivity index (χ2n) is 5.39. The van der Waals surface area contributed by atoms with Crippen LogP contribution in [0.15, 0.2) is 62.1 Å². The molecule has 2 aromatic rings. The molecular weight excluding hydrogens is 342 g/mol. The van der Waals surface area contributed by atoms with Gasteiger partial charge < -0.3 is 9.64 Å². The van der Waals surface area contributed by atoms with Crippen LogP contribution in [0.4, 0.5) is 5.69 Å². The van der Waals surface area contributed by atoms with Gasteiger partial charge in [0.2, 0.25) is 5.78 Å². The fourth-order valence-corrected chi connectivity index (χ4v) is 5.31. The zero-order valence-electron chi connectivity index (χ0n) is 13.0. The van der Waals surface area contributed by atoms with Gasteiger partial charge in [0.1, 0.15) is 11.3 Å². The van der Waals surface area contributed by atoms with Gasteiger partial charge >= 0.3 is 0 Å². The van der Waals surface area contributed by atoms with E-state index < -0.39 is 0 Å². The van der Waals surface area contributed by atoms with E-state index in [2.05, 4.69) is 0 Å². The second-order valence-corrected chi connectivity index (χ2v) is 7.75. The van der Waals surface area contributed by atoms with E-state index in [1.54, 1.807) is 31.2 Å². The quantitative estimate of drug-likeness (QED) is 0.572. The van der Waals surface area contributed by atoms with Crippen molar-refractivity contribution in [1.29, 1.82) is 0 Å². The third-order valence-electron chi connectivity index (χ3n) is 4.02. The number of rotatable bonds is 1. The summed E-state index contributed by atoms with van der Waals surface area (Å²) >= 11 is 2.92. The first-order valence-electron chi connectivity index (χ1n) is 7.30. The van der Waals surface area contributed by atoms with Crippen LogP contribution < -0.4 is 9.64 Å². The molecule has 0 aromatic heterocycles. The van der Waals surface area contributed by atoms with Crippen LogP contribution in [-0.4, -0.2) is 25.8 Å². The number of hydrogen-bond donors (Lipinski definition) is 0. The van der Waals surface area contributed by atoms with E-state index in [0.717, 1.165) is 19.8 Å². The van der Waals surface area contributed by atoms with Crippen LogP contribution in [-0.2, 0) is 4.79 Å². The summed E-state index contributed by atoms with van der Waals surface area (Å²) in [7, 11) is 3.32. The number of amides is 1. The highest BCUT2D eigenvalue weighted by Gasteiger charge is 2.37. The zero-order valence-corrected chi connectivity index (χ0v) is 14.7. The summed E-state index contributed by atoms with van der Waals surface area (Å²) in [6.07, 6.45) is 0. The maximum atomic E-state index is 12.9. The van der Waals surface area contributed by atoms with Crippen LogP contribution in [0, 0.1) is 0 Å². The summed E-state index contributed by atoms with van der Waals surface area (Å²) in [5, 5.41) is 0. The number of para-hydroxylation sites is 1. The van der Waals surface area contributed by atoms with Crippen molar-refractivity contribution in [3.05, 3.63) is 57.8 Å². The number of anilines is 1. The third-order valence-corrected chi connectivity index (χ3v) is 6.56. The normalized spacial score (nSPS) is 19.3. The molecule has 0 aliphatic carbocycles. The summed E-state index contributed by atoms with van der Waals surface area (Å²) in [5.74, 6) is 0.300. The molecule has 120 valence electrons. The Morgan fingerprint density at radius 1 is 1.00 bits per heavy atom. The van der Waals surface area contributed by atoms with Crippen LogP contribution in [0.2, 0.25) is 0 Å². The number of ether oxygens (including phenoxy) is 1. The Labute approximate surface area is 147 Å². The Kier molecular flexibility index (Phi) is 3.66. The zero-order chi connectivity index (χ0) is 16.8. The fraction of sp³-hybridized carbons (Fsp3) is 0.111. The average molecular weight is 355 g/mol. The van der Waals surface area contributed by atoms with Crippen molar-refractivity contribution in [1.82, 2.24) is 0 Å². The molecule has 4 rings (SSSR count). The van der Waals surface area contributed by atoms with E-state index in [4.69, 9.17) is 4.74 Å². The Morgan fingerprint density at radius 2 is 1.75 bits per heavy atom. The molecule has 0 fully saturated rings. The van der Waals surface area contributed by atoms with E-state index >= 15 is 0 Å². The molecular formula is C18H13NO3S2. The first-order chi connectivity index (χ1) is 11.6. The van der Waals surface area contributed by atoms with Crippen molar-refractivity contribution in [2.24, 2.45) is 0 Å². The standard InChI is InChI=1S/C18H13NO3S2/c1-19-12-6-4-3-5-11(12)16(20)15(17(19)21)18-23-13-8-7-10(22-2)9-14(13)24-18/h3-9H,1-2H3/b18-15-. The lowest BCUT2D eigenvalue weighted by molar-refractivity contribution is -0.114. The van der Waals surface area contributed by atoms with Gasteiger partial charge in [-0.3, -0.25) is 9.59 Å². The van der Waals surface area contributed by atoms with Gasteiger partial charge in [-0.15, -0.1) is 0 Å². The van der Waals surface area contributed by atoms with Gasteiger partial charge in [0.05, 0.1) is 17.0 Å².